The molecule has 1 unspecified atom stereocenters. The molecule has 0 spiro atoms. The van der Waals surface area contributed by atoms with Crippen LogP contribution in [0.2, 0.25) is 0 Å². The van der Waals surface area contributed by atoms with E-state index in [1.165, 1.54) is 55.5 Å². The second-order valence-electron chi connectivity index (χ2n) is 7.70. The van der Waals surface area contributed by atoms with Crippen molar-refractivity contribution in [3.8, 4) is 5.75 Å². The Morgan fingerprint density at radius 3 is 2.14 bits per heavy atom. The fraction of sp³-hybridized carbons (Fsp3) is 0.160. The van der Waals surface area contributed by atoms with E-state index in [9.17, 15) is 39.7 Å². The van der Waals surface area contributed by atoms with Crippen molar-refractivity contribution in [2.24, 2.45) is 0 Å². The predicted molar refractivity (Wildman–Crippen MR) is 121 cm³/mol. The standard InChI is InChI=1S/C25H18F7NO3S/c1-14(16-7-9-17(10-8-16)15(2)33-23(34)24(27,28)29)19-12-11-18(36-25(30,31)32)13-22(19)37(35)21-6-4-3-5-20(21)26/h3-13,15H,1H2,2H3,(H,33,34)/t15-,37?/m0/s1. The van der Waals surface area contributed by atoms with Crippen LogP contribution in [0.1, 0.15) is 29.7 Å². The molecule has 2 atom stereocenters. The highest BCUT2D eigenvalue weighted by Crippen LogP contribution is 2.35. The highest BCUT2D eigenvalue weighted by Gasteiger charge is 2.39. The van der Waals surface area contributed by atoms with Crippen LogP contribution < -0.4 is 10.1 Å². The van der Waals surface area contributed by atoms with Gasteiger partial charge in [0.15, 0.2) is 0 Å². The molecule has 37 heavy (non-hydrogen) atoms. The third-order valence-corrected chi connectivity index (χ3v) is 6.58. The Balaban J connectivity index is 1.97. The van der Waals surface area contributed by atoms with Gasteiger partial charge in [0.05, 0.1) is 26.6 Å². The summed E-state index contributed by atoms with van der Waals surface area (Å²) in [5.41, 5.74) is 1.03. The van der Waals surface area contributed by atoms with E-state index in [4.69, 9.17) is 0 Å². The minimum absolute atomic E-state index is 0.127. The van der Waals surface area contributed by atoms with Crippen molar-refractivity contribution in [2.45, 2.75) is 35.3 Å². The van der Waals surface area contributed by atoms with Crippen LogP contribution in [-0.2, 0) is 15.6 Å². The van der Waals surface area contributed by atoms with Crippen LogP contribution in [0.15, 0.2) is 83.1 Å². The van der Waals surface area contributed by atoms with Crippen molar-refractivity contribution in [3.63, 3.8) is 0 Å². The molecule has 0 aromatic heterocycles. The molecular weight excluding hydrogens is 527 g/mol. The average Bonchev–Trinajstić information content (AvgIpc) is 2.82. The zero-order valence-corrected chi connectivity index (χ0v) is 19.7. The van der Waals surface area contributed by atoms with Crippen molar-refractivity contribution in [2.75, 3.05) is 0 Å². The first kappa shape index (κ1) is 27.9. The van der Waals surface area contributed by atoms with Gasteiger partial charge < -0.3 is 10.1 Å². The van der Waals surface area contributed by atoms with Crippen LogP contribution in [0, 0.1) is 5.82 Å². The Labute approximate surface area is 209 Å². The number of rotatable bonds is 7. The third kappa shape index (κ3) is 6.97. The maximum Gasteiger partial charge on any atom is 0.573 e. The molecule has 0 aliphatic rings. The van der Waals surface area contributed by atoms with E-state index in [2.05, 4.69) is 11.3 Å². The summed E-state index contributed by atoms with van der Waals surface area (Å²) >= 11 is 0. The minimum Gasteiger partial charge on any atom is -0.406 e. The number of carbonyl (C=O) groups excluding carboxylic acids is 1. The predicted octanol–water partition coefficient (Wildman–Crippen LogP) is 6.69. The molecule has 0 aliphatic heterocycles. The molecule has 4 nitrogen and oxygen atoms in total. The number of amides is 1. The Kier molecular flexibility index (Phi) is 8.11. The smallest absolute Gasteiger partial charge is 0.406 e. The van der Waals surface area contributed by atoms with Gasteiger partial charge in [-0.15, -0.1) is 13.2 Å². The number of carbonyl (C=O) groups is 1. The van der Waals surface area contributed by atoms with Crippen LogP contribution in [0.25, 0.3) is 5.57 Å². The van der Waals surface area contributed by atoms with Gasteiger partial charge in [0.2, 0.25) is 0 Å². The van der Waals surface area contributed by atoms with E-state index in [1.54, 1.807) is 0 Å². The third-order valence-electron chi connectivity index (χ3n) is 5.11. The summed E-state index contributed by atoms with van der Waals surface area (Å²) in [6, 6.07) is 12.9. The fourth-order valence-corrected chi connectivity index (χ4v) is 4.60. The monoisotopic (exact) mass is 545 g/mol. The molecule has 0 heterocycles. The second-order valence-corrected chi connectivity index (χ2v) is 9.12. The topological polar surface area (TPSA) is 55.4 Å². The summed E-state index contributed by atoms with van der Waals surface area (Å²) in [6.07, 6.45) is -10.1. The normalized spacial score (nSPS) is 13.5. The Bertz CT molecular complexity index is 1340. The Morgan fingerprint density at radius 2 is 1.57 bits per heavy atom. The van der Waals surface area contributed by atoms with E-state index in [0.717, 1.165) is 18.2 Å². The van der Waals surface area contributed by atoms with Gasteiger partial charge in [-0.05, 0) is 59.5 Å². The Hall–Kier alpha value is -3.67. The molecule has 0 bridgehead atoms. The average molecular weight is 545 g/mol. The van der Waals surface area contributed by atoms with E-state index in [-0.39, 0.29) is 20.9 Å². The molecule has 196 valence electrons. The van der Waals surface area contributed by atoms with Crippen LogP contribution in [0.5, 0.6) is 5.75 Å². The number of benzene rings is 3. The van der Waals surface area contributed by atoms with Crippen LogP contribution in [0.3, 0.4) is 0 Å². The lowest BCUT2D eigenvalue weighted by atomic mass is 9.97. The first-order valence-corrected chi connectivity index (χ1v) is 11.6. The fourth-order valence-electron chi connectivity index (χ4n) is 3.31. The number of alkyl halides is 6. The van der Waals surface area contributed by atoms with Crippen molar-refractivity contribution < 1.29 is 44.5 Å². The molecule has 0 aliphatic carbocycles. The van der Waals surface area contributed by atoms with Crippen molar-refractivity contribution in [1.29, 1.82) is 0 Å². The molecule has 1 amide bonds. The molecule has 12 heteroatoms. The maximum atomic E-state index is 14.3. The number of ether oxygens (including phenoxy) is 1. The first-order chi connectivity index (χ1) is 17.2. The minimum atomic E-state index is -5.05. The summed E-state index contributed by atoms with van der Waals surface area (Å²) in [5.74, 6) is -3.61. The lowest BCUT2D eigenvalue weighted by Crippen LogP contribution is -2.38. The molecule has 0 saturated carbocycles. The highest BCUT2D eigenvalue weighted by atomic mass is 32.2. The van der Waals surface area contributed by atoms with Gasteiger partial charge >= 0.3 is 18.4 Å². The molecule has 1 N–H and O–H groups in total. The van der Waals surface area contributed by atoms with Crippen molar-refractivity contribution in [1.82, 2.24) is 5.32 Å². The summed E-state index contributed by atoms with van der Waals surface area (Å²) in [5, 5.41) is 1.82. The van der Waals surface area contributed by atoms with Crippen molar-refractivity contribution in [3.05, 3.63) is 95.8 Å². The second kappa shape index (κ2) is 10.8. The van der Waals surface area contributed by atoms with Crippen LogP contribution in [0.4, 0.5) is 30.7 Å². The zero-order valence-electron chi connectivity index (χ0n) is 18.9. The zero-order chi connectivity index (χ0) is 27.5. The quantitative estimate of drug-likeness (QED) is 0.337. The molecule has 3 aromatic rings. The van der Waals surface area contributed by atoms with Crippen LogP contribution >= 0.6 is 0 Å². The molecule has 0 saturated heterocycles. The van der Waals surface area contributed by atoms with Gasteiger partial charge in [0.1, 0.15) is 11.6 Å². The largest absolute Gasteiger partial charge is 0.573 e. The van der Waals surface area contributed by atoms with E-state index < -0.39 is 46.9 Å². The number of hydrogen-bond acceptors (Lipinski definition) is 3. The van der Waals surface area contributed by atoms with E-state index in [1.807, 2.05) is 5.32 Å². The maximum absolute atomic E-state index is 14.3. The number of nitrogens with one attached hydrogen (secondary N) is 1. The molecule has 0 fully saturated rings. The summed E-state index contributed by atoms with van der Waals surface area (Å²) in [7, 11) is -2.27. The van der Waals surface area contributed by atoms with Gasteiger partial charge in [-0.1, -0.05) is 43.0 Å². The lowest BCUT2D eigenvalue weighted by Gasteiger charge is -2.18. The lowest BCUT2D eigenvalue weighted by molar-refractivity contribution is -0.274. The molecular formula is C25H18F7NO3S. The van der Waals surface area contributed by atoms with Crippen LogP contribution in [-0.4, -0.2) is 22.7 Å². The SMILES string of the molecule is C=C(c1ccc([C@H](C)NC(=O)C(F)(F)F)cc1)c1ccc(OC(F)(F)F)cc1S(=O)c1ccccc1F. The molecule has 0 radical (unpaired) electrons. The summed E-state index contributed by atoms with van der Waals surface area (Å²) in [4.78, 5) is 10.7. The number of hydrogen-bond donors (Lipinski definition) is 1. The van der Waals surface area contributed by atoms with Gasteiger partial charge in [-0.25, -0.2) is 8.60 Å². The van der Waals surface area contributed by atoms with Crippen molar-refractivity contribution >= 4 is 22.3 Å². The summed E-state index contributed by atoms with van der Waals surface area (Å²) < 4.78 is 107. The summed E-state index contributed by atoms with van der Waals surface area (Å²) in [6.45, 7) is 5.25. The van der Waals surface area contributed by atoms with Gasteiger partial charge in [0, 0.05) is 0 Å². The number of halogens is 7. The Morgan fingerprint density at radius 1 is 0.946 bits per heavy atom. The van der Waals surface area contributed by atoms with Gasteiger partial charge in [-0.3, -0.25) is 4.79 Å². The first-order valence-electron chi connectivity index (χ1n) is 10.4. The molecule has 3 rings (SSSR count). The molecule has 3 aromatic carbocycles. The highest BCUT2D eigenvalue weighted by molar-refractivity contribution is 7.85. The van der Waals surface area contributed by atoms with E-state index >= 15 is 0 Å². The van der Waals surface area contributed by atoms with Gasteiger partial charge in [0.25, 0.3) is 0 Å². The van der Waals surface area contributed by atoms with Gasteiger partial charge in [-0.2, -0.15) is 13.2 Å². The van der Waals surface area contributed by atoms with E-state index in [0.29, 0.717) is 11.1 Å².